The number of carbonyl (C=O) groups is 9. The zero-order valence-electron chi connectivity index (χ0n) is 27.7. The van der Waals surface area contributed by atoms with Crippen molar-refractivity contribution in [3.8, 4) is 0 Å². The van der Waals surface area contributed by atoms with Crippen LogP contribution in [0.3, 0.4) is 0 Å². The van der Waals surface area contributed by atoms with Gasteiger partial charge in [0.2, 0.25) is 29.5 Å². The van der Waals surface area contributed by atoms with E-state index >= 15 is 0 Å². The van der Waals surface area contributed by atoms with Crippen LogP contribution in [0.5, 0.6) is 0 Å². The number of thioether (sulfide) groups is 1. The van der Waals surface area contributed by atoms with E-state index in [0.29, 0.717) is 0 Å². The molecular weight excluding hydrogens is 674 g/mol. The molecule has 0 bridgehead atoms. The molecule has 0 aromatic rings. The summed E-state index contributed by atoms with van der Waals surface area (Å²) in [5.41, 5.74) is 10.9. The van der Waals surface area contributed by atoms with E-state index in [4.69, 9.17) is 26.8 Å². The van der Waals surface area contributed by atoms with Gasteiger partial charge in [0.05, 0.1) is 0 Å². The van der Waals surface area contributed by atoms with Gasteiger partial charge in [0.25, 0.3) is 0 Å². The molecular formula is C28H47N7O13S. The minimum atomic E-state index is -1.38. The van der Waals surface area contributed by atoms with Crippen LogP contribution in [0.1, 0.15) is 52.9 Å². The summed E-state index contributed by atoms with van der Waals surface area (Å²) in [6.07, 6.45) is -1.19. The highest BCUT2D eigenvalue weighted by molar-refractivity contribution is 7.99. The summed E-state index contributed by atoms with van der Waals surface area (Å²) in [5, 5.41) is 45.6. The van der Waals surface area contributed by atoms with Crippen molar-refractivity contribution >= 4 is 65.2 Å². The lowest BCUT2D eigenvalue weighted by Gasteiger charge is -2.29. The molecule has 12 N–H and O–H groups in total. The molecule has 0 radical (unpaired) electrons. The largest absolute Gasteiger partial charge is 0.480 e. The number of carbonyl (C=O) groups excluding carboxylic acids is 5. The molecule has 0 aromatic carbocycles. The molecule has 6 atom stereocenters. The van der Waals surface area contributed by atoms with Gasteiger partial charge in [-0.05, 0) is 32.1 Å². The van der Waals surface area contributed by atoms with Gasteiger partial charge in [-0.3, -0.25) is 38.4 Å². The molecule has 0 aliphatic carbocycles. The summed E-state index contributed by atoms with van der Waals surface area (Å²) < 4.78 is 0. The molecule has 0 aliphatic rings. The second kappa shape index (κ2) is 22.2. The van der Waals surface area contributed by atoms with Crippen molar-refractivity contribution in [2.24, 2.45) is 17.4 Å². The lowest BCUT2D eigenvalue weighted by atomic mass is 10.0. The van der Waals surface area contributed by atoms with Crippen LogP contribution < -0.4 is 32.7 Å². The molecule has 0 heterocycles. The smallest absolute Gasteiger partial charge is 0.326 e. The Labute approximate surface area is 286 Å². The normalized spacial score (nSPS) is 14.6. The number of carboxylic acid groups (broad SMARTS) is 4. The standard InChI is InChI=1S/C28H47N7O13S/c1-13(2)9-17(28(47)48)34-23(40)14(3)32-25(42)19(35(4)21(37)8-6-16(30)27(45)46)12-49-11-18(24(41)31-10-22(38)39)33-20(36)7-5-15(29)26(43)44/h13-19H,5-12,29-30H2,1-4H3,(H,31,41)(H,32,42)(H,33,36)(H,34,40)(H,38,39)(H,43,44)(H,45,46)(H,47,48)/t14-,15?,16?,17-,18?,19-/m0/s1. The average molecular weight is 722 g/mol. The maximum Gasteiger partial charge on any atom is 0.326 e. The van der Waals surface area contributed by atoms with Crippen LogP contribution in [0.4, 0.5) is 0 Å². The summed E-state index contributed by atoms with van der Waals surface area (Å²) >= 11 is 0.870. The Morgan fingerprint density at radius 2 is 1.24 bits per heavy atom. The van der Waals surface area contributed by atoms with Crippen LogP contribution in [-0.2, 0) is 43.2 Å². The van der Waals surface area contributed by atoms with E-state index in [2.05, 4.69) is 21.3 Å². The molecule has 49 heavy (non-hydrogen) atoms. The van der Waals surface area contributed by atoms with Crippen molar-refractivity contribution < 1.29 is 63.6 Å². The Balaban J connectivity index is 5.96. The number of hydrogen-bond donors (Lipinski definition) is 10. The second-order valence-corrected chi connectivity index (χ2v) is 12.6. The van der Waals surface area contributed by atoms with Crippen molar-refractivity contribution in [1.29, 1.82) is 0 Å². The van der Waals surface area contributed by atoms with Crippen LogP contribution in [0.15, 0.2) is 0 Å². The first-order valence-electron chi connectivity index (χ1n) is 15.1. The Kier molecular flexibility index (Phi) is 20.2. The first-order chi connectivity index (χ1) is 22.7. The summed E-state index contributed by atoms with van der Waals surface area (Å²) in [6.45, 7) is 4.01. The Hall–Kier alpha value is -4.50. The third kappa shape index (κ3) is 18.0. The van der Waals surface area contributed by atoms with Gasteiger partial charge in [-0.15, -0.1) is 0 Å². The molecule has 20 nitrogen and oxygen atoms in total. The number of nitrogens with two attached hydrogens (primary N) is 2. The fraction of sp³-hybridized carbons (Fsp3) is 0.679. The van der Waals surface area contributed by atoms with Crippen molar-refractivity contribution in [2.75, 3.05) is 25.1 Å². The van der Waals surface area contributed by atoms with E-state index in [1.54, 1.807) is 13.8 Å². The fourth-order valence-corrected chi connectivity index (χ4v) is 5.13. The first kappa shape index (κ1) is 44.5. The number of hydrogen-bond acceptors (Lipinski definition) is 12. The Morgan fingerprint density at radius 3 is 1.73 bits per heavy atom. The number of nitrogens with one attached hydrogen (secondary N) is 4. The van der Waals surface area contributed by atoms with Crippen molar-refractivity contribution in [1.82, 2.24) is 26.2 Å². The van der Waals surface area contributed by atoms with E-state index in [-0.39, 0.29) is 49.5 Å². The minimum absolute atomic E-state index is 0.0799. The molecule has 3 unspecified atom stereocenters. The van der Waals surface area contributed by atoms with Gasteiger partial charge < -0.3 is 58.1 Å². The molecule has 0 saturated heterocycles. The van der Waals surface area contributed by atoms with E-state index in [1.165, 1.54) is 14.0 Å². The van der Waals surface area contributed by atoms with Crippen LogP contribution in [0.2, 0.25) is 0 Å². The number of rotatable bonds is 24. The van der Waals surface area contributed by atoms with Crippen LogP contribution in [0.25, 0.3) is 0 Å². The zero-order valence-corrected chi connectivity index (χ0v) is 28.5. The van der Waals surface area contributed by atoms with Crippen molar-refractivity contribution in [3.63, 3.8) is 0 Å². The van der Waals surface area contributed by atoms with Crippen LogP contribution >= 0.6 is 11.8 Å². The number of likely N-dealkylation sites (N-methyl/N-ethyl adjacent to an activating group) is 1. The predicted octanol–water partition coefficient (Wildman–Crippen LogP) is -3.26. The predicted molar refractivity (Wildman–Crippen MR) is 173 cm³/mol. The fourth-order valence-electron chi connectivity index (χ4n) is 3.92. The average Bonchev–Trinajstić information content (AvgIpc) is 3.00. The first-order valence-corrected chi connectivity index (χ1v) is 16.3. The third-order valence-electron chi connectivity index (χ3n) is 6.85. The molecule has 21 heteroatoms. The Morgan fingerprint density at radius 1 is 0.694 bits per heavy atom. The van der Waals surface area contributed by atoms with Gasteiger partial charge in [-0.2, -0.15) is 11.8 Å². The highest BCUT2D eigenvalue weighted by atomic mass is 32.2. The second-order valence-electron chi connectivity index (χ2n) is 11.5. The molecule has 0 aromatic heterocycles. The van der Waals surface area contributed by atoms with Gasteiger partial charge in [-0.1, -0.05) is 13.8 Å². The quantitative estimate of drug-likeness (QED) is 0.0467. The highest BCUT2D eigenvalue weighted by Crippen LogP contribution is 2.14. The van der Waals surface area contributed by atoms with Crippen LogP contribution in [0, 0.1) is 5.92 Å². The maximum atomic E-state index is 13.4. The molecule has 0 aliphatic heterocycles. The summed E-state index contributed by atoms with van der Waals surface area (Å²) in [5.74, 6) is -10.1. The molecule has 0 saturated carbocycles. The lowest BCUT2D eigenvalue weighted by Crippen LogP contribution is -2.56. The van der Waals surface area contributed by atoms with Gasteiger partial charge >= 0.3 is 23.9 Å². The van der Waals surface area contributed by atoms with Gasteiger partial charge in [0.1, 0.15) is 42.8 Å². The summed E-state index contributed by atoms with van der Waals surface area (Å²) in [7, 11) is 1.23. The van der Waals surface area contributed by atoms with Gasteiger partial charge in [0.15, 0.2) is 0 Å². The summed E-state index contributed by atoms with van der Waals surface area (Å²) in [6, 6.07) is -7.97. The topological polar surface area (TPSA) is 338 Å². The molecule has 0 fully saturated rings. The third-order valence-corrected chi connectivity index (χ3v) is 7.97. The number of aliphatic carboxylic acids is 4. The lowest BCUT2D eigenvalue weighted by molar-refractivity contribution is -0.143. The van der Waals surface area contributed by atoms with Gasteiger partial charge in [-0.25, -0.2) is 4.79 Å². The van der Waals surface area contributed by atoms with E-state index in [9.17, 15) is 48.3 Å². The SMILES string of the molecule is CC(C)C[C@H](NC(=O)[C@H](C)NC(=O)[C@H](CSCC(NC(=O)CCC(N)C(=O)O)C(=O)NCC(=O)O)N(C)C(=O)CCC(N)C(=O)O)C(=O)O. The van der Waals surface area contributed by atoms with E-state index in [0.717, 1.165) is 16.7 Å². The van der Waals surface area contributed by atoms with Crippen LogP contribution in [-0.4, -0.2) is 140 Å². The highest BCUT2D eigenvalue weighted by Gasteiger charge is 2.32. The summed E-state index contributed by atoms with van der Waals surface area (Å²) in [4.78, 5) is 110. The number of carboxylic acids is 4. The monoisotopic (exact) mass is 721 g/mol. The van der Waals surface area contributed by atoms with E-state index in [1.807, 2.05) is 0 Å². The number of nitrogens with zero attached hydrogens (tertiary/aromatic N) is 1. The molecule has 0 rings (SSSR count). The minimum Gasteiger partial charge on any atom is -0.480 e. The van der Waals surface area contributed by atoms with Crippen molar-refractivity contribution in [3.05, 3.63) is 0 Å². The number of amides is 5. The molecule has 278 valence electrons. The van der Waals surface area contributed by atoms with Crippen molar-refractivity contribution in [2.45, 2.75) is 89.1 Å². The molecule has 5 amide bonds. The maximum absolute atomic E-state index is 13.4. The van der Waals surface area contributed by atoms with E-state index < -0.39 is 96.2 Å². The molecule has 0 spiro atoms. The van der Waals surface area contributed by atoms with Gasteiger partial charge in [0, 0.05) is 31.4 Å². The zero-order chi connectivity index (χ0) is 38.0. The Bertz CT molecular complexity index is 1220.